The van der Waals surface area contributed by atoms with Gasteiger partial charge in [-0.25, -0.2) is 4.79 Å². The second-order valence-electron chi connectivity index (χ2n) is 5.84. The Hall–Kier alpha value is -2.48. The van der Waals surface area contributed by atoms with Crippen molar-refractivity contribution in [1.82, 2.24) is 10.2 Å². The van der Waals surface area contributed by atoms with Crippen LogP contribution in [0.1, 0.15) is 0 Å². The molecule has 2 N–H and O–H groups in total. The Morgan fingerprint density at radius 2 is 2.09 bits per heavy atom. The average Bonchev–Trinajstić information content (AvgIpc) is 2.82. The van der Waals surface area contributed by atoms with Gasteiger partial charge in [0, 0.05) is 24.8 Å². The van der Waals surface area contributed by atoms with E-state index in [1.54, 1.807) is 23.1 Å². The lowest BCUT2D eigenvalue weighted by atomic mass is 10.1. The van der Waals surface area contributed by atoms with Crippen molar-refractivity contribution in [2.75, 3.05) is 38.4 Å². The predicted octanol–water partition coefficient (Wildman–Crippen LogP) is 0.394. The largest absolute Gasteiger partial charge is 0.454 e. The lowest BCUT2D eigenvalue weighted by Crippen LogP contribution is -2.46. The number of fused-ring (bicyclic) bond motifs is 4. The molecule has 8 heteroatoms. The number of anilines is 1. The summed E-state index contributed by atoms with van der Waals surface area (Å²) in [5.74, 6) is 0.899. The van der Waals surface area contributed by atoms with Crippen LogP contribution in [0.3, 0.4) is 0 Å². The summed E-state index contributed by atoms with van der Waals surface area (Å²) in [6, 6.07) is 4.84. The van der Waals surface area contributed by atoms with E-state index in [1.807, 2.05) is 0 Å². The van der Waals surface area contributed by atoms with Crippen molar-refractivity contribution in [2.45, 2.75) is 6.04 Å². The van der Waals surface area contributed by atoms with Crippen LogP contribution < -0.4 is 20.1 Å². The summed E-state index contributed by atoms with van der Waals surface area (Å²) in [6.45, 7) is 1.74. The minimum absolute atomic E-state index is 0.0501. The first-order chi connectivity index (χ1) is 11.2. The molecule has 1 aromatic rings. The van der Waals surface area contributed by atoms with Gasteiger partial charge in [0.25, 0.3) is 0 Å². The molecule has 0 aromatic heterocycles. The van der Waals surface area contributed by atoms with Gasteiger partial charge in [-0.1, -0.05) is 0 Å². The molecule has 2 saturated heterocycles. The smallest absolute Gasteiger partial charge is 0.321 e. The average molecular weight is 319 g/mol. The number of nitrogens with one attached hydrogen (secondary N) is 2. The summed E-state index contributed by atoms with van der Waals surface area (Å²) in [5, 5.41) is 5.75. The number of hydrogen-bond acceptors (Lipinski definition) is 5. The fourth-order valence-corrected chi connectivity index (χ4v) is 2.97. The molecule has 0 spiro atoms. The highest BCUT2D eigenvalue weighted by Crippen LogP contribution is 2.34. The number of urea groups is 1. The van der Waals surface area contributed by atoms with Crippen LogP contribution in [0.4, 0.5) is 10.5 Å². The van der Waals surface area contributed by atoms with Crippen molar-refractivity contribution in [1.29, 1.82) is 0 Å². The van der Waals surface area contributed by atoms with Crippen molar-refractivity contribution < 1.29 is 23.8 Å². The molecule has 2 atom stereocenters. The molecule has 3 aliphatic rings. The molecule has 2 bridgehead atoms. The molecule has 1 aromatic carbocycles. The van der Waals surface area contributed by atoms with Gasteiger partial charge in [-0.2, -0.15) is 0 Å². The number of hydrogen-bond donors (Lipinski definition) is 2. The SMILES string of the molecule is O=C1N[C@@H]2COC[C@H]1CN(C(=O)Nc1ccc3c(c1)OCO3)C2. The number of rotatable bonds is 1. The quantitative estimate of drug-likeness (QED) is 0.782. The molecule has 0 aliphatic carbocycles. The van der Waals surface area contributed by atoms with E-state index in [4.69, 9.17) is 14.2 Å². The van der Waals surface area contributed by atoms with Gasteiger partial charge in [-0.3, -0.25) is 4.79 Å². The van der Waals surface area contributed by atoms with E-state index in [-0.39, 0.29) is 30.7 Å². The van der Waals surface area contributed by atoms with Gasteiger partial charge in [-0.15, -0.1) is 0 Å². The third kappa shape index (κ3) is 2.77. The third-order valence-electron chi connectivity index (χ3n) is 4.15. The zero-order valence-corrected chi connectivity index (χ0v) is 12.4. The van der Waals surface area contributed by atoms with Crippen LogP contribution in [0.15, 0.2) is 18.2 Å². The molecular formula is C15H17N3O5. The van der Waals surface area contributed by atoms with E-state index in [9.17, 15) is 9.59 Å². The first-order valence-corrected chi connectivity index (χ1v) is 7.53. The zero-order chi connectivity index (χ0) is 15.8. The Bertz CT molecular complexity index is 650. The minimum atomic E-state index is -0.329. The molecular weight excluding hydrogens is 302 g/mol. The normalized spacial score (nSPS) is 25.6. The Morgan fingerprint density at radius 3 is 3.00 bits per heavy atom. The highest BCUT2D eigenvalue weighted by molar-refractivity contribution is 5.91. The molecule has 4 rings (SSSR count). The van der Waals surface area contributed by atoms with E-state index in [0.717, 1.165) is 0 Å². The third-order valence-corrected chi connectivity index (χ3v) is 4.15. The maximum absolute atomic E-state index is 12.5. The number of nitrogens with zero attached hydrogens (tertiary/aromatic N) is 1. The van der Waals surface area contributed by atoms with Gasteiger partial charge in [0.1, 0.15) is 0 Å². The summed E-state index contributed by atoms with van der Waals surface area (Å²) in [5.41, 5.74) is 0.629. The Kier molecular flexibility index (Phi) is 3.45. The van der Waals surface area contributed by atoms with Gasteiger partial charge in [0.05, 0.1) is 25.2 Å². The maximum Gasteiger partial charge on any atom is 0.321 e. The number of carbonyl (C=O) groups excluding carboxylic acids is 2. The number of amides is 3. The molecule has 23 heavy (non-hydrogen) atoms. The lowest BCUT2D eigenvalue weighted by molar-refractivity contribution is -0.125. The molecule has 122 valence electrons. The number of carbonyl (C=O) groups is 2. The molecule has 0 saturated carbocycles. The standard InChI is InChI=1S/C15H17N3O5/c19-14-9-4-18(5-11(16-14)7-21-6-9)15(20)17-10-1-2-12-13(3-10)23-8-22-12/h1-3,9,11H,4-8H2,(H,16,19)(H,17,20)/t9-,11+/m1/s1. The predicted molar refractivity (Wildman–Crippen MR) is 79.4 cm³/mol. The summed E-state index contributed by atoms with van der Waals surface area (Å²) < 4.78 is 16.0. The zero-order valence-electron chi connectivity index (χ0n) is 12.4. The van der Waals surface area contributed by atoms with E-state index in [2.05, 4.69) is 10.6 Å². The van der Waals surface area contributed by atoms with E-state index < -0.39 is 0 Å². The highest BCUT2D eigenvalue weighted by atomic mass is 16.7. The first-order valence-electron chi connectivity index (χ1n) is 7.53. The van der Waals surface area contributed by atoms with Crippen LogP contribution in [-0.4, -0.2) is 56.0 Å². The first kappa shape index (κ1) is 14.1. The van der Waals surface area contributed by atoms with Crippen molar-refractivity contribution in [3.8, 4) is 11.5 Å². The van der Waals surface area contributed by atoms with Gasteiger partial charge in [0.15, 0.2) is 11.5 Å². The monoisotopic (exact) mass is 319 g/mol. The highest BCUT2D eigenvalue weighted by Gasteiger charge is 2.35. The van der Waals surface area contributed by atoms with Gasteiger partial charge in [0.2, 0.25) is 12.7 Å². The molecule has 2 fully saturated rings. The Balaban J connectivity index is 1.47. The molecule has 0 radical (unpaired) electrons. The molecule has 3 aliphatic heterocycles. The van der Waals surface area contributed by atoms with Crippen molar-refractivity contribution in [2.24, 2.45) is 5.92 Å². The Labute approximate surface area is 132 Å². The van der Waals surface area contributed by atoms with Crippen LogP contribution in [0.2, 0.25) is 0 Å². The topological polar surface area (TPSA) is 89.1 Å². The molecule has 3 amide bonds. The molecule has 8 nitrogen and oxygen atoms in total. The summed E-state index contributed by atoms with van der Waals surface area (Å²) in [4.78, 5) is 26.1. The fourth-order valence-electron chi connectivity index (χ4n) is 2.97. The van der Waals surface area contributed by atoms with Crippen LogP contribution in [0, 0.1) is 5.92 Å². The van der Waals surface area contributed by atoms with Crippen LogP contribution in [0.5, 0.6) is 11.5 Å². The van der Waals surface area contributed by atoms with Crippen LogP contribution in [-0.2, 0) is 9.53 Å². The minimum Gasteiger partial charge on any atom is -0.454 e. The second kappa shape index (κ2) is 5.62. The van der Waals surface area contributed by atoms with E-state index >= 15 is 0 Å². The van der Waals surface area contributed by atoms with Crippen molar-refractivity contribution in [3.05, 3.63) is 18.2 Å². The summed E-state index contributed by atoms with van der Waals surface area (Å²) in [7, 11) is 0. The van der Waals surface area contributed by atoms with E-state index in [1.165, 1.54) is 0 Å². The lowest BCUT2D eigenvalue weighted by Gasteiger charge is -2.27. The van der Waals surface area contributed by atoms with Crippen LogP contribution >= 0.6 is 0 Å². The second-order valence-corrected chi connectivity index (χ2v) is 5.84. The summed E-state index contributed by atoms with van der Waals surface area (Å²) >= 11 is 0. The Morgan fingerprint density at radius 1 is 1.22 bits per heavy atom. The van der Waals surface area contributed by atoms with Gasteiger partial charge in [-0.05, 0) is 12.1 Å². The van der Waals surface area contributed by atoms with Gasteiger partial charge >= 0.3 is 6.03 Å². The molecule has 3 heterocycles. The number of benzene rings is 1. The van der Waals surface area contributed by atoms with Gasteiger partial charge < -0.3 is 29.7 Å². The van der Waals surface area contributed by atoms with E-state index in [0.29, 0.717) is 43.5 Å². The van der Waals surface area contributed by atoms with Crippen LogP contribution in [0.25, 0.3) is 0 Å². The van der Waals surface area contributed by atoms with Crippen molar-refractivity contribution >= 4 is 17.6 Å². The maximum atomic E-state index is 12.5. The van der Waals surface area contributed by atoms with Crippen molar-refractivity contribution in [3.63, 3.8) is 0 Å². The molecule has 0 unspecified atom stereocenters. The summed E-state index contributed by atoms with van der Waals surface area (Å²) in [6.07, 6.45) is 0. The number of ether oxygens (including phenoxy) is 3. The fraction of sp³-hybridized carbons (Fsp3) is 0.467.